The van der Waals surface area contributed by atoms with Gasteiger partial charge in [-0.1, -0.05) is 0 Å². The molecule has 0 radical (unpaired) electrons. The fraction of sp³-hybridized carbons (Fsp3) is 0.556. The Kier molecular flexibility index (Phi) is 2.26. The van der Waals surface area contributed by atoms with Crippen LogP contribution in [0.3, 0.4) is 0 Å². The summed E-state index contributed by atoms with van der Waals surface area (Å²) in [6, 6.07) is 0. The van der Waals surface area contributed by atoms with Gasteiger partial charge < -0.3 is 4.74 Å². The van der Waals surface area contributed by atoms with Gasteiger partial charge in [0, 0.05) is 5.57 Å². The molecule has 0 spiro atoms. The van der Waals surface area contributed by atoms with Crippen LogP contribution in [0.4, 0.5) is 0 Å². The fourth-order valence-corrected chi connectivity index (χ4v) is 1.49. The first-order valence-corrected chi connectivity index (χ1v) is 3.98. The zero-order valence-corrected chi connectivity index (χ0v) is 8.06. The van der Waals surface area contributed by atoms with Crippen LogP contribution >= 0.6 is 0 Å². The average Bonchev–Trinajstić information content (AvgIpc) is 1.99. The van der Waals surface area contributed by atoms with Gasteiger partial charge in [-0.3, -0.25) is 11.3 Å². The Hall–Kier alpha value is -0.800. The Balaban J connectivity index is 2.88. The van der Waals surface area contributed by atoms with Crippen molar-refractivity contribution < 1.29 is 4.74 Å². The first-order chi connectivity index (χ1) is 5.53. The maximum atomic E-state index is 5.43. The van der Waals surface area contributed by atoms with Crippen LogP contribution < -0.4 is 11.3 Å². The van der Waals surface area contributed by atoms with Gasteiger partial charge in [0.2, 0.25) is 0 Å². The minimum Gasteiger partial charge on any atom is -0.496 e. The smallest absolute Gasteiger partial charge is 0.124 e. The van der Waals surface area contributed by atoms with Gasteiger partial charge >= 0.3 is 0 Å². The first kappa shape index (κ1) is 9.29. The maximum absolute atomic E-state index is 5.43. The maximum Gasteiger partial charge on any atom is 0.124 e. The van der Waals surface area contributed by atoms with Crippen LogP contribution in [0, 0.1) is 0 Å². The van der Waals surface area contributed by atoms with Crippen LogP contribution in [0.5, 0.6) is 0 Å². The highest BCUT2D eigenvalue weighted by Gasteiger charge is 2.31. The zero-order valence-electron chi connectivity index (χ0n) is 8.06. The molecule has 0 bridgehead atoms. The zero-order chi connectivity index (χ0) is 9.35. The number of hydrogen-bond acceptors (Lipinski definition) is 3. The molecule has 1 rings (SSSR count). The molecule has 68 valence electrons. The number of methoxy groups -OCH3 is 1. The van der Waals surface area contributed by atoms with E-state index in [1.54, 1.807) is 7.11 Å². The Labute approximate surface area is 73.2 Å². The standard InChI is InChI=1S/C9H16N2O/c1-6-5-7(12-4)8(6)9(2,3)11-10/h5,11H,10H2,1-4H3. The normalized spacial score (nSPS) is 17.2. The van der Waals surface area contributed by atoms with E-state index in [-0.39, 0.29) is 5.54 Å². The third-order valence-corrected chi connectivity index (χ3v) is 2.19. The molecule has 0 aromatic heterocycles. The van der Waals surface area contributed by atoms with Crippen molar-refractivity contribution in [2.75, 3.05) is 7.11 Å². The van der Waals surface area contributed by atoms with E-state index in [1.165, 1.54) is 5.57 Å². The number of hydrogen-bond donors (Lipinski definition) is 2. The summed E-state index contributed by atoms with van der Waals surface area (Å²) in [6.07, 6.45) is 2.01. The third kappa shape index (κ3) is 1.26. The van der Waals surface area contributed by atoms with Crippen molar-refractivity contribution in [2.45, 2.75) is 26.3 Å². The molecule has 0 fully saturated rings. The summed E-state index contributed by atoms with van der Waals surface area (Å²) < 4.78 is 5.17. The fourth-order valence-electron chi connectivity index (χ4n) is 1.49. The minimum atomic E-state index is -0.204. The van der Waals surface area contributed by atoms with Crippen LogP contribution in [-0.2, 0) is 4.74 Å². The van der Waals surface area contributed by atoms with Crippen molar-refractivity contribution in [3.05, 3.63) is 23.0 Å². The van der Waals surface area contributed by atoms with Crippen molar-refractivity contribution in [2.24, 2.45) is 5.84 Å². The second-order valence-electron chi connectivity index (χ2n) is 3.54. The van der Waals surface area contributed by atoms with Crippen molar-refractivity contribution in [1.29, 1.82) is 0 Å². The lowest BCUT2D eigenvalue weighted by Crippen LogP contribution is -2.47. The van der Waals surface area contributed by atoms with E-state index in [9.17, 15) is 0 Å². The molecule has 0 amide bonds. The largest absolute Gasteiger partial charge is 0.496 e. The van der Waals surface area contributed by atoms with E-state index < -0.39 is 0 Å². The highest BCUT2D eigenvalue weighted by molar-refractivity contribution is 5.53. The molecule has 0 atom stereocenters. The topological polar surface area (TPSA) is 47.3 Å². The summed E-state index contributed by atoms with van der Waals surface area (Å²) in [5.41, 5.74) is 4.95. The van der Waals surface area contributed by atoms with Crippen LogP contribution in [0.15, 0.2) is 23.0 Å². The molecule has 12 heavy (non-hydrogen) atoms. The molecule has 0 saturated carbocycles. The molecule has 1 aliphatic carbocycles. The van der Waals surface area contributed by atoms with Crippen LogP contribution in [0.1, 0.15) is 20.8 Å². The second kappa shape index (κ2) is 2.92. The lowest BCUT2D eigenvalue weighted by molar-refractivity contribution is 0.284. The highest BCUT2D eigenvalue weighted by atomic mass is 16.5. The number of allylic oxidation sites excluding steroid dienone is 1. The molecule has 3 heteroatoms. The summed E-state index contributed by atoms with van der Waals surface area (Å²) in [7, 11) is 1.67. The monoisotopic (exact) mass is 168 g/mol. The van der Waals surface area contributed by atoms with E-state index in [4.69, 9.17) is 10.6 Å². The predicted octanol–water partition coefficient (Wildman–Crippen LogP) is 1.09. The van der Waals surface area contributed by atoms with Gasteiger partial charge in [0.05, 0.1) is 12.6 Å². The Bertz CT molecular complexity index is 251. The second-order valence-corrected chi connectivity index (χ2v) is 3.54. The van der Waals surface area contributed by atoms with Crippen molar-refractivity contribution >= 4 is 0 Å². The quantitative estimate of drug-likeness (QED) is 0.490. The molecular formula is C9H16N2O. The Morgan fingerprint density at radius 3 is 2.42 bits per heavy atom. The first-order valence-electron chi connectivity index (χ1n) is 3.98. The summed E-state index contributed by atoms with van der Waals surface area (Å²) in [5.74, 6) is 6.36. The molecular weight excluding hydrogens is 152 g/mol. The van der Waals surface area contributed by atoms with E-state index in [0.29, 0.717) is 0 Å². The van der Waals surface area contributed by atoms with E-state index in [0.717, 1.165) is 11.3 Å². The lowest BCUT2D eigenvalue weighted by atomic mass is 9.82. The van der Waals surface area contributed by atoms with Crippen LogP contribution in [0.25, 0.3) is 0 Å². The predicted molar refractivity (Wildman–Crippen MR) is 49.2 cm³/mol. The molecule has 1 aliphatic rings. The molecule has 3 nitrogen and oxygen atoms in total. The summed E-state index contributed by atoms with van der Waals surface area (Å²) in [4.78, 5) is 0. The molecule has 0 heterocycles. The number of hydrazine groups is 1. The van der Waals surface area contributed by atoms with Crippen molar-refractivity contribution in [3.8, 4) is 0 Å². The van der Waals surface area contributed by atoms with Gasteiger partial charge in [0.15, 0.2) is 0 Å². The number of nitrogens with two attached hydrogens (primary N) is 1. The van der Waals surface area contributed by atoms with Gasteiger partial charge in [0.25, 0.3) is 0 Å². The van der Waals surface area contributed by atoms with Crippen molar-refractivity contribution in [3.63, 3.8) is 0 Å². The number of nitrogens with one attached hydrogen (secondary N) is 1. The van der Waals surface area contributed by atoms with E-state index in [1.807, 2.05) is 19.9 Å². The van der Waals surface area contributed by atoms with Gasteiger partial charge in [-0.25, -0.2) is 0 Å². The summed E-state index contributed by atoms with van der Waals surface area (Å²) in [5, 5.41) is 0. The number of rotatable bonds is 3. The molecule has 3 N–H and O–H groups in total. The molecule has 0 unspecified atom stereocenters. The van der Waals surface area contributed by atoms with E-state index in [2.05, 4.69) is 12.3 Å². The molecule has 0 aromatic carbocycles. The third-order valence-electron chi connectivity index (χ3n) is 2.19. The van der Waals surface area contributed by atoms with Gasteiger partial charge in [-0.05, 0) is 32.4 Å². The van der Waals surface area contributed by atoms with Gasteiger partial charge in [-0.15, -0.1) is 0 Å². The molecule has 0 saturated heterocycles. The van der Waals surface area contributed by atoms with Crippen molar-refractivity contribution in [1.82, 2.24) is 5.43 Å². The SMILES string of the molecule is COC1=C(C(C)(C)NN)C(C)=C1. The summed E-state index contributed by atoms with van der Waals surface area (Å²) in [6.45, 7) is 6.10. The molecule has 0 aromatic rings. The minimum absolute atomic E-state index is 0.204. The Morgan fingerprint density at radius 1 is 1.50 bits per heavy atom. The van der Waals surface area contributed by atoms with Gasteiger partial charge in [0.1, 0.15) is 5.76 Å². The van der Waals surface area contributed by atoms with Crippen LogP contribution in [-0.4, -0.2) is 12.6 Å². The van der Waals surface area contributed by atoms with E-state index >= 15 is 0 Å². The molecule has 0 aliphatic heterocycles. The van der Waals surface area contributed by atoms with Gasteiger partial charge in [-0.2, -0.15) is 0 Å². The number of ether oxygens (including phenoxy) is 1. The lowest BCUT2D eigenvalue weighted by Gasteiger charge is -2.33. The highest BCUT2D eigenvalue weighted by Crippen LogP contribution is 2.35. The Morgan fingerprint density at radius 2 is 2.08 bits per heavy atom. The average molecular weight is 168 g/mol. The van der Waals surface area contributed by atoms with Crippen LogP contribution in [0.2, 0.25) is 0 Å². The summed E-state index contributed by atoms with van der Waals surface area (Å²) >= 11 is 0.